The van der Waals surface area contributed by atoms with Gasteiger partial charge in [0.1, 0.15) is 24.0 Å². The Morgan fingerprint density at radius 2 is 2.20 bits per heavy atom. The lowest BCUT2D eigenvalue weighted by Gasteiger charge is -2.07. The Hall–Kier alpha value is -2.15. The minimum Gasteiger partial charge on any atom is -0.444 e. The summed E-state index contributed by atoms with van der Waals surface area (Å²) < 4.78 is 10.8. The standard InChI is InChI=1S/C13H19N5O2/c1-3-9-6-16-13(20-9)7-15-11-5-10(14)17-12(18-11)8-19-4-2/h5-6H,3-4,7-8H2,1-2H3,(H3,14,15,17,18). The van der Waals surface area contributed by atoms with Gasteiger partial charge in [0.15, 0.2) is 5.82 Å². The van der Waals surface area contributed by atoms with Crippen LogP contribution in [0.3, 0.4) is 0 Å². The molecule has 0 aliphatic carbocycles. The number of nitrogens with zero attached hydrogens (tertiary/aromatic N) is 3. The Morgan fingerprint density at radius 3 is 2.90 bits per heavy atom. The maximum Gasteiger partial charge on any atom is 0.213 e. The Morgan fingerprint density at radius 1 is 1.35 bits per heavy atom. The predicted molar refractivity (Wildman–Crippen MR) is 75.0 cm³/mol. The number of nitrogens with two attached hydrogens (primary N) is 1. The van der Waals surface area contributed by atoms with Crippen LogP contribution in [0.2, 0.25) is 0 Å². The lowest BCUT2D eigenvalue weighted by Crippen LogP contribution is -2.07. The van der Waals surface area contributed by atoms with Gasteiger partial charge in [-0.1, -0.05) is 6.92 Å². The molecule has 0 unspecified atom stereocenters. The van der Waals surface area contributed by atoms with E-state index in [-0.39, 0.29) is 0 Å². The second-order valence-electron chi connectivity index (χ2n) is 4.16. The fourth-order valence-corrected chi connectivity index (χ4v) is 1.63. The first-order valence-corrected chi connectivity index (χ1v) is 6.59. The van der Waals surface area contributed by atoms with E-state index in [1.807, 2.05) is 13.8 Å². The van der Waals surface area contributed by atoms with Crippen LogP contribution in [0.15, 0.2) is 16.7 Å². The summed E-state index contributed by atoms with van der Waals surface area (Å²) in [5.41, 5.74) is 5.74. The van der Waals surface area contributed by atoms with Gasteiger partial charge in [0.2, 0.25) is 5.89 Å². The molecule has 3 N–H and O–H groups in total. The molecule has 0 spiro atoms. The fourth-order valence-electron chi connectivity index (χ4n) is 1.63. The van der Waals surface area contributed by atoms with Crippen molar-refractivity contribution in [1.82, 2.24) is 15.0 Å². The average molecular weight is 277 g/mol. The summed E-state index contributed by atoms with van der Waals surface area (Å²) in [5, 5.41) is 3.11. The predicted octanol–water partition coefficient (Wildman–Crippen LogP) is 1.76. The van der Waals surface area contributed by atoms with Crippen molar-refractivity contribution in [2.45, 2.75) is 33.4 Å². The molecule has 108 valence electrons. The van der Waals surface area contributed by atoms with Crippen molar-refractivity contribution in [2.75, 3.05) is 17.7 Å². The molecule has 7 heteroatoms. The topological polar surface area (TPSA) is 99.1 Å². The van der Waals surface area contributed by atoms with E-state index in [1.54, 1.807) is 12.3 Å². The molecular formula is C13H19N5O2. The number of oxazole rings is 1. The molecule has 0 aliphatic heterocycles. The van der Waals surface area contributed by atoms with Crippen molar-refractivity contribution in [1.29, 1.82) is 0 Å². The molecule has 2 heterocycles. The van der Waals surface area contributed by atoms with Gasteiger partial charge in [-0.2, -0.15) is 0 Å². The van der Waals surface area contributed by atoms with E-state index in [1.165, 1.54) is 0 Å². The molecule has 0 fully saturated rings. The molecule has 2 aromatic rings. The van der Waals surface area contributed by atoms with Crippen LogP contribution in [0.4, 0.5) is 11.6 Å². The molecule has 20 heavy (non-hydrogen) atoms. The van der Waals surface area contributed by atoms with Crippen LogP contribution in [0, 0.1) is 0 Å². The molecule has 7 nitrogen and oxygen atoms in total. The number of rotatable bonds is 7. The minimum atomic E-state index is 0.342. The SMILES string of the molecule is CCOCc1nc(N)cc(NCc2ncc(CC)o2)n1. The number of ether oxygens (including phenoxy) is 1. The zero-order chi connectivity index (χ0) is 14.4. The molecule has 0 radical (unpaired) electrons. The van der Waals surface area contributed by atoms with E-state index in [0.29, 0.717) is 43.1 Å². The number of nitrogen functional groups attached to an aromatic ring is 1. The van der Waals surface area contributed by atoms with E-state index in [9.17, 15) is 0 Å². The average Bonchev–Trinajstić information content (AvgIpc) is 2.90. The zero-order valence-corrected chi connectivity index (χ0v) is 11.7. The van der Waals surface area contributed by atoms with E-state index in [2.05, 4.69) is 20.3 Å². The smallest absolute Gasteiger partial charge is 0.213 e. The van der Waals surface area contributed by atoms with Crippen LogP contribution in [-0.4, -0.2) is 21.6 Å². The third-order valence-electron chi connectivity index (χ3n) is 2.60. The molecule has 0 bridgehead atoms. The summed E-state index contributed by atoms with van der Waals surface area (Å²) in [6.07, 6.45) is 2.55. The number of anilines is 2. The minimum absolute atomic E-state index is 0.342. The Labute approximate surface area is 117 Å². The number of aryl methyl sites for hydroxylation is 1. The highest BCUT2D eigenvalue weighted by Gasteiger charge is 2.05. The van der Waals surface area contributed by atoms with Crippen molar-refractivity contribution in [2.24, 2.45) is 0 Å². The first-order chi connectivity index (χ1) is 9.71. The molecule has 0 atom stereocenters. The molecule has 0 aromatic carbocycles. The van der Waals surface area contributed by atoms with Crippen molar-refractivity contribution < 1.29 is 9.15 Å². The monoisotopic (exact) mass is 277 g/mol. The van der Waals surface area contributed by atoms with Gasteiger partial charge in [0.05, 0.1) is 12.7 Å². The van der Waals surface area contributed by atoms with Gasteiger partial charge in [-0.25, -0.2) is 15.0 Å². The summed E-state index contributed by atoms with van der Waals surface area (Å²) in [4.78, 5) is 12.6. The first kappa shape index (κ1) is 14.3. The summed E-state index contributed by atoms with van der Waals surface area (Å²) >= 11 is 0. The van der Waals surface area contributed by atoms with E-state index in [4.69, 9.17) is 14.9 Å². The van der Waals surface area contributed by atoms with E-state index in [0.717, 1.165) is 12.2 Å². The summed E-state index contributed by atoms with van der Waals surface area (Å²) in [7, 11) is 0. The highest BCUT2D eigenvalue weighted by molar-refractivity contribution is 5.44. The van der Waals surface area contributed by atoms with Crippen LogP contribution in [-0.2, 0) is 24.3 Å². The lowest BCUT2D eigenvalue weighted by atomic mass is 10.4. The number of nitrogens with one attached hydrogen (secondary N) is 1. The Bertz CT molecular complexity index is 555. The van der Waals surface area contributed by atoms with E-state index >= 15 is 0 Å². The molecule has 0 saturated heterocycles. The Balaban J connectivity index is 1.99. The highest BCUT2D eigenvalue weighted by Crippen LogP contribution is 2.11. The maximum absolute atomic E-state index is 5.74. The fraction of sp³-hybridized carbons (Fsp3) is 0.462. The molecular weight excluding hydrogens is 258 g/mol. The van der Waals surface area contributed by atoms with Gasteiger partial charge in [-0.3, -0.25) is 0 Å². The third-order valence-corrected chi connectivity index (χ3v) is 2.60. The normalized spacial score (nSPS) is 10.7. The van der Waals surface area contributed by atoms with Gasteiger partial charge in [0.25, 0.3) is 0 Å². The van der Waals surface area contributed by atoms with Crippen LogP contribution in [0.1, 0.15) is 31.3 Å². The maximum atomic E-state index is 5.74. The molecule has 0 saturated carbocycles. The third kappa shape index (κ3) is 3.92. The number of aromatic nitrogens is 3. The van der Waals surface area contributed by atoms with Gasteiger partial charge in [-0.05, 0) is 6.92 Å². The first-order valence-electron chi connectivity index (χ1n) is 6.59. The zero-order valence-electron chi connectivity index (χ0n) is 11.7. The quantitative estimate of drug-likeness (QED) is 0.795. The van der Waals surface area contributed by atoms with Gasteiger partial charge < -0.3 is 20.2 Å². The van der Waals surface area contributed by atoms with E-state index < -0.39 is 0 Å². The second-order valence-corrected chi connectivity index (χ2v) is 4.16. The summed E-state index contributed by atoms with van der Waals surface area (Å²) in [5.74, 6) is 3.06. The lowest BCUT2D eigenvalue weighted by molar-refractivity contribution is 0.128. The van der Waals surface area contributed by atoms with Crippen molar-refractivity contribution in [3.63, 3.8) is 0 Å². The molecule has 2 aromatic heterocycles. The van der Waals surface area contributed by atoms with Gasteiger partial charge in [0, 0.05) is 19.1 Å². The highest BCUT2D eigenvalue weighted by atomic mass is 16.5. The molecule has 2 rings (SSSR count). The molecule has 0 amide bonds. The van der Waals surface area contributed by atoms with Crippen molar-refractivity contribution in [3.05, 3.63) is 29.7 Å². The van der Waals surface area contributed by atoms with Crippen molar-refractivity contribution in [3.8, 4) is 0 Å². The second kappa shape index (κ2) is 6.85. The Kier molecular flexibility index (Phi) is 4.89. The summed E-state index contributed by atoms with van der Waals surface area (Å²) in [6, 6.07) is 1.67. The number of hydrogen-bond donors (Lipinski definition) is 2. The van der Waals surface area contributed by atoms with Crippen LogP contribution in [0.5, 0.6) is 0 Å². The molecule has 0 aliphatic rings. The van der Waals surface area contributed by atoms with Gasteiger partial charge >= 0.3 is 0 Å². The summed E-state index contributed by atoms with van der Waals surface area (Å²) in [6.45, 7) is 5.33. The van der Waals surface area contributed by atoms with Gasteiger partial charge in [-0.15, -0.1) is 0 Å². The van der Waals surface area contributed by atoms with Crippen molar-refractivity contribution >= 4 is 11.6 Å². The number of hydrogen-bond acceptors (Lipinski definition) is 7. The largest absolute Gasteiger partial charge is 0.444 e. The van der Waals surface area contributed by atoms with Crippen LogP contribution < -0.4 is 11.1 Å². The van der Waals surface area contributed by atoms with Crippen LogP contribution in [0.25, 0.3) is 0 Å². The van der Waals surface area contributed by atoms with Crippen LogP contribution >= 0.6 is 0 Å².